The number of rotatable bonds is 3. The molecule has 0 radical (unpaired) electrons. The third-order valence-electron chi connectivity index (χ3n) is 2.96. The number of anilines is 1. The summed E-state index contributed by atoms with van der Waals surface area (Å²) in [6.07, 6.45) is 0. The molecule has 0 unspecified atom stereocenters. The SMILES string of the molecule is CN(C(=O)c1ccc(CN)cc1)c1ccccc1Br. The minimum Gasteiger partial charge on any atom is -0.326 e. The van der Waals surface area contributed by atoms with Crippen LogP contribution in [0.25, 0.3) is 0 Å². The summed E-state index contributed by atoms with van der Waals surface area (Å²) < 4.78 is 0.893. The molecule has 19 heavy (non-hydrogen) atoms. The Morgan fingerprint density at radius 1 is 1.16 bits per heavy atom. The minimum absolute atomic E-state index is 0.0459. The van der Waals surface area contributed by atoms with Gasteiger partial charge in [0.05, 0.1) is 5.69 Å². The van der Waals surface area contributed by atoms with E-state index in [1.165, 1.54) is 0 Å². The van der Waals surface area contributed by atoms with Crippen molar-refractivity contribution in [3.05, 3.63) is 64.1 Å². The molecule has 0 aliphatic heterocycles. The third kappa shape index (κ3) is 3.03. The van der Waals surface area contributed by atoms with E-state index in [0.29, 0.717) is 12.1 Å². The highest BCUT2D eigenvalue weighted by Gasteiger charge is 2.15. The molecule has 2 N–H and O–H groups in total. The van der Waals surface area contributed by atoms with E-state index in [2.05, 4.69) is 15.9 Å². The van der Waals surface area contributed by atoms with Crippen molar-refractivity contribution < 1.29 is 4.79 Å². The van der Waals surface area contributed by atoms with Gasteiger partial charge in [0.1, 0.15) is 0 Å². The van der Waals surface area contributed by atoms with E-state index in [-0.39, 0.29) is 5.91 Å². The summed E-state index contributed by atoms with van der Waals surface area (Å²) in [6, 6.07) is 15.0. The molecule has 0 aromatic heterocycles. The molecule has 2 rings (SSSR count). The van der Waals surface area contributed by atoms with Crippen LogP contribution >= 0.6 is 15.9 Å². The number of halogens is 1. The molecule has 3 nitrogen and oxygen atoms in total. The monoisotopic (exact) mass is 318 g/mol. The van der Waals surface area contributed by atoms with Gasteiger partial charge in [-0.1, -0.05) is 24.3 Å². The second-order valence-electron chi connectivity index (χ2n) is 4.22. The number of carbonyl (C=O) groups excluding carboxylic acids is 1. The van der Waals surface area contributed by atoms with Crippen LogP contribution in [0.5, 0.6) is 0 Å². The zero-order chi connectivity index (χ0) is 13.8. The van der Waals surface area contributed by atoms with Gasteiger partial charge in [0, 0.05) is 23.6 Å². The Kier molecular flexibility index (Phi) is 4.35. The van der Waals surface area contributed by atoms with Gasteiger partial charge in [0.15, 0.2) is 0 Å². The molecule has 0 aliphatic carbocycles. The minimum atomic E-state index is -0.0459. The van der Waals surface area contributed by atoms with Gasteiger partial charge in [0.2, 0.25) is 0 Å². The van der Waals surface area contributed by atoms with Crippen LogP contribution in [0.2, 0.25) is 0 Å². The van der Waals surface area contributed by atoms with Crippen LogP contribution in [0.15, 0.2) is 53.0 Å². The summed E-state index contributed by atoms with van der Waals surface area (Å²) in [5, 5.41) is 0. The van der Waals surface area contributed by atoms with E-state index in [4.69, 9.17) is 5.73 Å². The Morgan fingerprint density at radius 3 is 2.37 bits per heavy atom. The summed E-state index contributed by atoms with van der Waals surface area (Å²) in [4.78, 5) is 14.0. The summed E-state index contributed by atoms with van der Waals surface area (Å²) in [5.74, 6) is -0.0459. The van der Waals surface area contributed by atoms with Crippen LogP contribution in [0.4, 0.5) is 5.69 Å². The number of para-hydroxylation sites is 1. The predicted molar refractivity (Wildman–Crippen MR) is 81.2 cm³/mol. The Labute approximate surface area is 121 Å². The van der Waals surface area contributed by atoms with E-state index < -0.39 is 0 Å². The predicted octanol–water partition coefficient (Wildman–Crippen LogP) is 3.18. The van der Waals surface area contributed by atoms with Gasteiger partial charge < -0.3 is 10.6 Å². The van der Waals surface area contributed by atoms with Crippen molar-refractivity contribution in [1.82, 2.24) is 0 Å². The lowest BCUT2D eigenvalue weighted by Crippen LogP contribution is -2.26. The number of hydrogen-bond donors (Lipinski definition) is 1. The summed E-state index contributed by atoms with van der Waals surface area (Å²) in [7, 11) is 1.76. The largest absolute Gasteiger partial charge is 0.326 e. The highest BCUT2D eigenvalue weighted by Crippen LogP contribution is 2.25. The quantitative estimate of drug-likeness (QED) is 0.944. The first-order chi connectivity index (χ1) is 9.13. The average molecular weight is 319 g/mol. The molecule has 0 saturated heterocycles. The van der Waals surface area contributed by atoms with E-state index >= 15 is 0 Å². The van der Waals surface area contributed by atoms with E-state index in [9.17, 15) is 4.79 Å². The summed E-state index contributed by atoms with van der Waals surface area (Å²) in [5.41, 5.74) is 8.05. The molecular weight excluding hydrogens is 304 g/mol. The molecule has 2 aromatic carbocycles. The fourth-order valence-corrected chi connectivity index (χ4v) is 2.36. The second kappa shape index (κ2) is 5.99. The number of amides is 1. The van der Waals surface area contributed by atoms with Crippen molar-refractivity contribution in [3.63, 3.8) is 0 Å². The van der Waals surface area contributed by atoms with Crippen molar-refractivity contribution in [1.29, 1.82) is 0 Å². The lowest BCUT2D eigenvalue weighted by molar-refractivity contribution is 0.0993. The Morgan fingerprint density at radius 2 is 1.79 bits per heavy atom. The van der Waals surface area contributed by atoms with E-state index in [0.717, 1.165) is 15.7 Å². The second-order valence-corrected chi connectivity index (χ2v) is 5.07. The van der Waals surface area contributed by atoms with Crippen LogP contribution in [-0.4, -0.2) is 13.0 Å². The van der Waals surface area contributed by atoms with Crippen LogP contribution in [0.3, 0.4) is 0 Å². The van der Waals surface area contributed by atoms with Crippen molar-refractivity contribution in [2.24, 2.45) is 5.73 Å². The lowest BCUT2D eigenvalue weighted by Gasteiger charge is -2.19. The maximum Gasteiger partial charge on any atom is 0.258 e. The zero-order valence-corrected chi connectivity index (χ0v) is 12.2. The molecule has 1 amide bonds. The van der Waals surface area contributed by atoms with Gasteiger partial charge in [-0.2, -0.15) is 0 Å². The fraction of sp³-hybridized carbons (Fsp3) is 0.133. The highest BCUT2D eigenvalue weighted by molar-refractivity contribution is 9.10. The first kappa shape index (κ1) is 13.8. The number of benzene rings is 2. The first-order valence-corrected chi connectivity index (χ1v) is 6.74. The third-order valence-corrected chi connectivity index (χ3v) is 3.63. The van der Waals surface area contributed by atoms with Gasteiger partial charge >= 0.3 is 0 Å². The van der Waals surface area contributed by atoms with Gasteiger partial charge in [0.25, 0.3) is 5.91 Å². The van der Waals surface area contributed by atoms with Crippen LogP contribution in [0.1, 0.15) is 15.9 Å². The topological polar surface area (TPSA) is 46.3 Å². The number of nitrogens with two attached hydrogens (primary N) is 1. The van der Waals surface area contributed by atoms with Crippen LogP contribution in [0, 0.1) is 0 Å². The van der Waals surface area contributed by atoms with Crippen molar-refractivity contribution in [2.45, 2.75) is 6.54 Å². The first-order valence-electron chi connectivity index (χ1n) is 5.95. The smallest absolute Gasteiger partial charge is 0.258 e. The Bertz CT molecular complexity index is 581. The molecule has 0 atom stereocenters. The van der Waals surface area contributed by atoms with E-state index in [1.54, 1.807) is 24.1 Å². The van der Waals surface area contributed by atoms with Crippen molar-refractivity contribution in [3.8, 4) is 0 Å². The van der Waals surface area contributed by atoms with Gasteiger partial charge in [-0.3, -0.25) is 4.79 Å². The van der Waals surface area contributed by atoms with Gasteiger partial charge in [-0.05, 0) is 45.8 Å². The standard InChI is InChI=1S/C15H15BrN2O/c1-18(14-5-3-2-4-13(14)16)15(19)12-8-6-11(10-17)7-9-12/h2-9H,10,17H2,1H3. The lowest BCUT2D eigenvalue weighted by atomic mass is 10.1. The Hall–Kier alpha value is -1.65. The summed E-state index contributed by atoms with van der Waals surface area (Å²) >= 11 is 3.45. The molecule has 0 aliphatic rings. The molecular formula is C15H15BrN2O. The summed E-state index contributed by atoms with van der Waals surface area (Å²) in [6.45, 7) is 0.481. The van der Waals surface area contributed by atoms with Crippen LogP contribution in [-0.2, 0) is 6.54 Å². The number of carbonyl (C=O) groups is 1. The number of nitrogens with zero attached hydrogens (tertiary/aromatic N) is 1. The van der Waals surface area contributed by atoms with Gasteiger partial charge in [-0.15, -0.1) is 0 Å². The fourth-order valence-electron chi connectivity index (χ4n) is 1.81. The average Bonchev–Trinajstić information content (AvgIpc) is 2.46. The van der Waals surface area contributed by atoms with Gasteiger partial charge in [-0.25, -0.2) is 0 Å². The Balaban J connectivity index is 2.26. The van der Waals surface area contributed by atoms with E-state index in [1.807, 2.05) is 36.4 Å². The molecule has 0 saturated carbocycles. The normalized spacial score (nSPS) is 10.3. The maximum absolute atomic E-state index is 12.4. The number of hydrogen-bond acceptors (Lipinski definition) is 2. The molecule has 0 bridgehead atoms. The molecule has 0 fully saturated rings. The van der Waals surface area contributed by atoms with Crippen LogP contribution < -0.4 is 10.6 Å². The molecule has 0 spiro atoms. The van der Waals surface area contributed by atoms with Crippen molar-refractivity contribution >= 4 is 27.5 Å². The highest BCUT2D eigenvalue weighted by atomic mass is 79.9. The van der Waals surface area contributed by atoms with Crippen molar-refractivity contribution in [2.75, 3.05) is 11.9 Å². The molecule has 2 aromatic rings. The molecule has 0 heterocycles. The maximum atomic E-state index is 12.4. The molecule has 4 heteroatoms. The zero-order valence-electron chi connectivity index (χ0n) is 10.6. The molecule has 98 valence electrons.